The second-order valence-electron chi connectivity index (χ2n) is 8.30. The zero-order valence-corrected chi connectivity index (χ0v) is 17.4. The summed E-state index contributed by atoms with van der Waals surface area (Å²) in [4.78, 5) is 0. The smallest absolute Gasteiger partial charge is 0.187 e. The molecule has 3 rings (SSSR count). The molecule has 0 aromatic rings. The molecule has 15 atom stereocenters. The fraction of sp³-hybridized carbons (Fsp3) is 1.00. The monoisotopic (exact) mass is 472 g/mol. The lowest BCUT2D eigenvalue weighted by atomic mass is 9.96. The van der Waals surface area contributed by atoms with Crippen LogP contribution in [0.1, 0.15) is 13.8 Å². The Bertz CT molecular complexity index is 608. The van der Waals surface area contributed by atoms with Crippen LogP contribution in [0.4, 0.5) is 0 Å². The molecule has 0 spiro atoms. The largest absolute Gasteiger partial charge is 0.394 e. The van der Waals surface area contributed by atoms with Crippen molar-refractivity contribution in [3.63, 3.8) is 0 Å². The van der Waals surface area contributed by atoms with E-state index in [-0.39, 0.29) is 0 Å². The van der Waals surface area contributed by atoms with Gasteiger partial charge in [0, 0.05) is 0 Å². The molecule has 14 nitrogen and oxygen atoms in total. The molecule has 0 radical (unpaired) electrons. The topological polar surface area (TPSA) is 228 Å². The summed E-state index contributed by atoms with van der Waals surface area (Å²) in [7, 11) is 0. The Kier molecular flexibility index (Phi) is 8.44. The van der Waals surface area contributed by atoms with E-state index in [1.165, 1.54) is 13.8 Å². The Labute approximate surface area is 183 Å². The first-order valence-electron chi connectivity index (χ1n) is 10.3. The maximum atomic E-state index is 10.5. The number of ether oxygens (including phenoxy) is 5. The molecule has 0 amide bonds. The highest BCUT2D eigenvalue weighted by Crippen LogP contribution is 2.32. The Morgan fingerprint density at radius 3 is 1.69 bits per heavy atom. The highest BCUT2D eigenvalue weighted by atomic mass is 16.8. The Balaban J connectivity index is 1.79. The SMILES string of the molecule is C[C@@H]1O[C@@H](O[C@H]2[C@@H](O)[C@H](O)O[C@@H](C)[C@@H]2O[C@H]2O[C@H](CO)[C@@H](O)[C@H](O)[C@@H]2O)[C@H](O)[C@H](O)[C@H]1O. The fourth-order valence-corrected chi connectivity index (χ4v) is 3.96. The van der Waals surface area contributed by atoms with Crippen LogP contribution in [0, 0.1) is 0 Å². The van der Waals surface area contributed by atoms with Gasteiger partial charge in [-0.25, -0.2) is 0 Å². The normalized spacial score (nSPS) is 55.0. The van der Waals surface area contributed by atoms with Gasteiger partial charge in [0.2, 0.25) is 0 Å². The van der Waals surface area contributed by atoms with Crippen LogP contribution < -0.4 is 0 Å². The van der Waals surface area contributed by atoms with Crippen molar-refractivity contribution < 1.29 is 69.6 Å². The summed E-state index contributed by atoms with van der Waals surface area (Å²) >= 11 is 0. The van der Waals surface area contributed by atoms with Gasteiger partial charge in [-0.05, 0) is 13.8 Å². The molecule has 3 heterocycles. The van der Waals surface area contributed by atoms with Gasteiger partial charge in [0.15, 0.2) is 18.9 Å². The van der Waals surface area contributed by atoms with Crippen molar-refractivity contribution >= 4 is 0 Å². The standard InChI is InChI=1S/C18H32O14/c1-4-7(20)9(22)11(24)17(29-4)32-15-13(26)16(27)28-5(2)14(15)31-18-12(25)10(23)8(21)6(3-19)30-18/h4-27H,3H2,1-2H3/t4-,5-,6+,7-,8+,9+,10-,11+,12-,13+,14-,15-,16+,17-,18+/m0/s1. The molecule has 32 heavy (non-hydrogen) atoms. The van der Waals surface area contributed by atoms with E-state index in [1.807, 2.05) is 0 Å². The van der Waals surface area contributed by atoms with E-state index in [9.17, 15) is 46.0 Å². The molecule has 0 unspecified atom stereocenters. The van der Waals surface area contributed by atoms with Crippen LogP contribution in [0.2, 0.25) is 0 Å². The minimum Gasteiger partial charge on any atom is -0.394 e. The molecule has 14 heteroatoms. The van der Waals surface area contributed by atoms with Gasteiger partial charge < -0.3 is 69.6 Å². The van der Waals surface area contributed by atoms with Crippen molar-refractivity contribution in [2.75, 3.05) is 6.61 Å². The lowest BCUT2D eigenvalue weighted by Crippen LogP contribution is -2.65. The van der Waals surface area contributed by atoms with Gasteiger partial charge in [0.25, 0.3) is 0 Å². The van der Waals surface area contributed by atoms with E-state index in [1.54, 1.807) is 0 Å². The van der Waals surface area contributed by atoms with E-state index in [0.29, 0.717) is 0 Å². The van der Waals surface area contributed by atoms with Crippen molar-refractivity contribution in [3.05, 3.63) is 0 Å². The molecule has 0 aromatic heterocycles. The lowest BCUT2D eigenvalue weighted by Gasteiger charge is -2.48. The molecule has 3 fully saturated rings. The second-order valence-corrected chi connectivity index (χ2v) is 8.30. The van der Waals surface area contributed by atoms with E-state index in [4.69, 9.17) is 23.7 Å². The molecular formula is C18H32O14. The third kappa shape index (κ3) is 4.94. The van der Waals surface area contributed by atoms with E-state index >= 15 is 0 Å². The first-order chi connectivity index (χ1) is 15.0. The first kappa shape index (κ1) is 26.1. The number of rotatable bonds is 5. The van der Waals surface area contributed by atoms with Crippen LogP contribution >= 0.6 is 0 Å². The number of aliphatic hydroxyl groups excluding tert-OH is 9. The maximum absolute atomic E-state index is 10.5. The minimum absolute atomic E-state index is 0.691. The van der Waals surface area contributed by atoms with Crippen LogP contribution in [-0.2, 0) is 23.7 Å². The van der Waals surface area contributed by atoms with E-state index in [2.05, 4.69) is 0 Å². The van der Waals surface area contributed by atoms with Crippen LogP contribution in [-0.4, -0.2) is 145 Å². The van der Waals surface area contributed by atoms with Crippen molar-refractivity contribution in [2.24, 2.45) is 0 Å². The Morgan fingerprint density at radius 1 is 0.562 bits per heavy atom. The van der Waals surface area contributed by atoms with Crippen molar-refractivity contribution in [2.45, 2.75) is 106 Å². The molecule has 0 bridgehead atoms. The highest BCUT2D eigenvalue weighted by molar-refractivity contribution is 4.95. The Hall–Kier alpha value is -0.560. The molecule has 9 N–H and O–H groups in total. The molecule has 3 aliphatic heterocycles. The zero-order chi connectivity index (χ0) is 23.9. The van der Waals surface area contributed by atoms with Crippen LogP contribution in [0.25, 0.3) is 0 Å². The van der Waals surface area contributed by atoms with Gasteiger partial charge >= 0.3 is 0 Å². The summed E-state index contributed by atoms with van der Waals surface area (Å²) in [5.41, 5.74) is 0. The summed E-state index contributed by atoms with van der Waals surface area (Å²) in [5.74, 6) is 0. The summed E-state index contributed by atoms with van der Waals surface area (Å²) in [6, 6.07) is 0. The minimum atomic E-state index is -1.75. The predicted molar refractivity (Wildman–Crippen MR) is 98.4 cm³/mol. The van der Waals surface area contributed by atoms with Gasteiger partial charge in [-0.3, -0.25) is 0 Å². The van der Waals surface area contributed by atoms with Gasteiger partial charge in [-0.15, -0.1) is 0 Å². The second kappa shape index (κ2) is 10.4. The molecule has 3 aliphatic rings. The molecule has 3 saturated heterocycles. The van der Waals surface area contributed by atoms with Gasteiger partial charge in [-0.1, -0.05) is 0 Å². The first-order valence-corrected chi connectivity index (χ1v) is 10.3. The highest BCUT2D eigenvalue weighted by Gasteiger charge is 2.52. The third-order valence-electron chi connectivity index (χ3n) is 6.01. The molecule has 0 aromatic carbocycles. The molecule has 0 aliphatic carbocycles. The maximum Gasteiger partial charge on any atom is 0.187 e. The van der Waals surface area contributed by atoms with Gasteiger partial charge in [0.1, 0.15) is 61.0 Å². The summed E-state index contributed by atoms with van der Waals surface area (Å²) in [6.07, 6.45) is -22.3. The lowest BCUT2D eigenvalue weighted by molar-refractivity contribution is -0.379. The van der Waals surface area contributed by atoms with E-state index in [0.717, 1.165) is 0 Å². The number of hydrogen-bond donors (Lipinski definition) is 9. The van der Waals surface area contributed by atoms with Crippen LogP contribution in [0.5, 0.6) is 0 Å². The van der Waals surface area contributed by atoms with Crippen molar-refractivity contribution in [1.82, 2.24) is 0 Å². The molecular weight excluding hydrogens is 440 g/mol. The van der Waals surface area contributed by atoms with Gasteiger partial charge in [0.05, 0.1) is 18.8 Å². The zero-order valence-electron chi connectivity index (χ0n) is 17.4. The van der Waals surface area contributed by atoms with E-state index < -0.39 is 98.7 Å². The fourth-order valence-electron chi connectivity index (χ4n) is 3.96. The summed E-state index contributed by atoms with van der Waals surface area (Å²) in [6.45, 7) is 2.18. The average Bonchev–Trinajstić information content (AvgIpc) is 2.76. The summed E-state index contributed by atoms with van der Waals surface area (Å²) in [5, 5.41) is 90.0. The van der Waals surface area contributed by atoms with Crippen molar-refractivity contribution in [1.29, 1.82) is 0 Å². The molecule has 0 saturated carbocycles. The summed E-state index contributed by atoms with van der Waals surface area (Å²) < 4.78 is 27.2. The van der Waals surface area contributed by atoms with Crippen LogP contribution in [0.3, 0.4) is 0 Å². The number of hydrogen-bond acceptors (Lipinski definition) is 14. The van der Waals surface area contributed by atoms with Gasteiger partial charge in [-0.2, -0.15) is 0 Å². The number of aliphatic hydroxyl groups is 9. The van der Waals surface area contributed by atoms with Crippen molar-refractivity contribution in [3.8, 4) is 0 Å². The third-order valence-corrected chi connectivity index (χ3v) is 6.01. The average molecular weight is 472 g/mol. The quantitative estimate of drug-likeness (QED) is 0.182. The predicted octanol–water partition coefficient (Wildman–Crippen LogP) is -5.52. The van der Waals surface area contributed by atoms with Crippen LogP contribution in [0.15, 0.2) is 0 Å². The molecule has 188 valence electrons. The Morgan fingerprint density at radius 2 is 1.09 bits per heavy atom.